The summed E-state index contributed by atoms with van der Waals surface area (Å²) in [5.41, 5.74) is 2.34. The topological polar surface area (TPSA) is 55.4 Å². The molecule has 0 N–H and O–H groups in total. The largest absolute Gasteiger partial charge is 0.476 e. The molecule has 272 valence electrons. The molecule has 6 aromatic carbocycles. The molecule has 0 amide bonds. The summed E-state index contributed by atoms with van der Waals surface area (Å²) in [6.07, 6.45) is 0. The molecule has 53 heavy (non-hydrogen) atoms. The second-order valence-electron chi connectivity index (χ2n) is 14.0. The summed E-state index contributed by atoms with van der Waals surface area (Å²) in [6, 6.07) is 55.5. The van der Waals surface area contributed by atoms with Gasteiger partial charge in [-0.05, 0) is 105 Å². The van der Waals surface area contributed by atoms with Crippen molar-refractivity contribution in [3.63, 3.8) is 0 Å². The van der Waals surface area contributed by atoms with Crippen molar-refractivity contribution in [3.8, 4) is 28.7 Å². The van der Waals surface area contributed by atoms with E-state index in [1.54, 1.807) is 0 Å². The van der Waals surface area contributed by atoms with Gasteiger partial charge in [0.25, 0.3) is 0 Å². The molecule has 0 saturated heterocycles. The van der Waals surface area contributed by atoms with Gasteiger partial charge in [-0.15, -0.1) is 0 Å². The molecular weight excluding hydrogens is 698 g/mol. The van der Waals surface area contributed by atoms with Gasteiger partial charge >= 0.3 is 17.0 Å². The number of hydrogen-bond acceptors (Lipinski definition) is 6. The number of para-hydroxylation sites is 4. The lowest BCUT2D eigenvalue weighted by Crippen LogP contribution is -2.30. The van der Waals surface area contributed by atoms with E-state index in [0.717, 1.165) is 22.6 Å². The van der Waals surface area contributed by atoms with E-state index in [1.807, 2.05) is 161 Å². The van der Waals surface area contributed by atoms with Crippen LogP contribution in [0.1, 0.15) is 58.2 Å². The molecule has 0 fully saturated rings. The fraction of sp³-hybridized carbons (Fsp3) is 0.200. The van der Waals surface area contributed by atoms with Crippen LogP contribution in [0.2, 0.25) is 0 Å². The van der Waals surface area contributed by atoms with Crippen LogP contribution in [-0.2, 0) is 15.5 Å². The molecule has 0 aliphatic heterocycles. The molecule has 6 nitrogen and oxygen atoms in total. The smallest absolute Gasteiger partial charge is 0.463 e. The molecule has 0 aliphatic carbocycles. The summed E-state index contributed by atoms with van der Waals surface area (Å²) in [6.45, 7) is 12.5. The van der Waals surface area contributed by atoms with E-state index in [9.17, 15) is 0 Å². The van der Waals surface area contributed by atoms with Gasteiger partial charge in [-0.25, -0.2) is 0 Å². The van der Waals surface area contributed by atoms with Crippen LogP contribution in [0.5, 0.6) is 28.7 Å². The van der Waals surface area contributed by atoms with Crippen molar-refractivity contribution in [2.45, 2.75) is 57.9 Å². The molecule has 6 aromatic rings. The monoisotopic (exact) mass is 744 g/mol. The molecule has 0 aliphatic rings. The molecule has 6 rings (SSSR count). The van der Waals surface area contributed by atoms with Crippen LogP contribution in [0.15, 0.2) is 170 Å². The van der Waals surface area contributed by atoms with Crippen LogP contribution in [0, 0.1) is 0 Å². The van der Waals surface area contributed by atoms with E-state index in [2.05, 4.69) is 50.2 Å². The minimum atomic E-state index is -1.76. The standard InChI is InChI=1S/C45H46O6P2/c1-43(2,35-27-29-37(30-28-35)44(3,4)51-53(49-40-23-15-9-16-24-40)50-41-25-17-10-18-26-41)36-31-33-42(34-32-36)48-52(47-39-21-13-8-14-22-39)45(5,6)46-38-19-11-7-12-20-38/h7-34H,1-6H3. The van der Waals surface area contributed by atoms with E-state index in [4.69, 9.17) is 27.4 Å². The number of rotatable bonds is 16. The maximum atomic E-state index is 6.57. The van der Waals surface area contributed by atoms with Crippen LogP contribution in [0.4, 0.5) is 0 Å². The molecule has 1 atom stereocenters. The maximum absolute atomic E-state index is 6.57. The van der Waals surface area contributed by atoms with Crippen LogP contribution in [-0.4, -0.2) is 5.34 Å². The van der Waals surface area contributed by atoms with Crippen LogP contribution in [0.3, 0.4) is 0 Å². The van der Waals surface area contributed by atoms with Crippen molar-refractivity contribution in [3.05, 3.63) is 187 Å². The van der Waals surface area contributed by atoms with Gasteiger partial charge in [0.2, 0.25) is 0 Å². The second kappa shape index (κ2) is 16.9. The first-order valence-electron chi connectivity index (χ1n) is 17.6. The Kier molecular flexibility index (Phi) is 12.1. The third kappa shape index (κ3) is 10.2. The quantitative estimate of drug-likeness (QED) is 0.0920. The molecule has 0 spiro atoms. The number of ether oxygens (including phenoxy) is 1. The summed E-state index contributed by atoms with van der Waals surface area (Å²) in [4.78, 5) is 0. The Bertz CT molecular complexity index is 1950. The van der Waals surface area contributed by atoms with Crippen LogP contribution >= 0.6 is 17.0 Å². The summed E-state index contributed by atoms with van der Waals surface area (Å²) in [7, 11) is -3.33. The van der Waals surface area contributed by atoms with E-state index >= 15 is 0 Å². The first-order chi connectivity index (χ1) is 25.5. The number of benzene rings is 6. The predicted molar refractivity (Wildman–Crippen MR) is 216 cm³/mol. The SMILES string of the molecule is CC(C)(OP(Oc1ccccc1)Oc1ccccc1)c1ccc(C(C)(C)c2ccc(OP(Oc3ccccc3)C(C)(C)Oc3ccccc3)cc2)cc1. The molecule has 0 saturated carbocycles. The lowest BCUT2D eigenvalue weighted by atomic mass is 9.77. The van der Waals surface area contributed by atoms with Crippen molar-refractivity contribution in [2.75, 3.05) is 0 Å². The molecule has 0 bridgehead atoms. The van der Waals surface area contributed by atoms with Crippen molar-refractivity contribution in [1.82, 2.24) is 0 Å². The zero-order valence-corrected chi connectivity index (χ0v) is 32.8. The first-order valence-corrected chi connectivity index (χ1v) is 19.9. The summed E-state index contributed by atoms with van der Waals surface area (Å²) in [5.74, 6) is 3.55. The average Bonchev–Trinajstić information content (AvgIpc) is 3.16. The maximum Gasteiger partial charge on any atom is 0.463 e. The van der Waals surface area contributed by atoms with Crippen molar-refractivity contribution in [1.29, 1.82) is 0 Å². The van der Waals surface area contributed by atoms with Gasteiger partial charge < -0.3 is 22.8 Å². The molecule has 0 radical (unpaired) electrons. The Hall–Kier alpha value is -4.86. The van der Waals surface area contributed by atoms with Crippen LogP contribution < -0.4 is 22.8 Å². The molecular formula is C45H46O6P2. The molecule has 1 unspecified atom stereocenters. The van der Waals surface area contributed by atoms with Gasteiger partial charge in [0.05, 0.1) is 5.60 Å². The normalized spacial score (nSPS) is 12.5. The third-order valence-corrected chi connectivity index (χ3v) is 11.7. The number of hydrogen-bond donors (Lipinski definition) is 0. The van der Waals surface area contributed by atoms with E-state index in [0.29, 0.717) is 17.2 Å². The average molecular weight is 745 g/mol. The second-order valence-corrected chi connectivity index (χ2v) is 16.9. The minimum Gasteiger partial charge on any atom is -0.476 e. The lowest BCUT2D eigenvalue weighted by Gasteiger charge is -2.33. The highest BCUT2D eigenvalue weighted by Crippen LogP contribution is 2.52. The Labute approximate surface area is 316 Å². The fourth-order valence-corrected chi connectivity index (χ4v) is 8.00. The predicted octanol–water partition coefficient (Wildman–Crippen LogP) is 13.2. The van der Waals surface area contributed by atoms with Crippen molar-refractivity contribution >= 4 is 17.0 Å². The van der Waals surface area contributed by atoms with Gasteiger partial charge in [0.15, 0.2) is 5.34 Å². The fourth-order valence-electron chi connectivity index (χ4n) is 5.54. The van der Waals surface area contributed by atoms with E-state index in [-0.39, 0.29) is 5.41 Å². The lowest BCUT2D eigenvalue weighted by molar-refractivity contribution is 0.0943. The summed E-state index contributed by atoms with van der Waals surface area (Å²) >= 11 is 0. The Balaban J connectivity index is 1.16. The molecule has 8 heteroatoms. The van der Waals surface area contributed by atoms with Gasteiger partial charge in [-0.1, -0.05) is 123 Å². The Morgan fingerprint density at radius 2 is 0.698 bits per heavy atom. The van der Waals surface area contributed by atoms with Crippen molar-refractivity contribution < 1.29 is 27.4 Å². The highest BCUT2D eigenvalue weighted by Gasteiger charge is 2.39. The minimum absolute atomic E-state index is 0.289. The first kappa shape index (κ1) is 37.9. The molecule has 0 heterocycles. The highest BCUT2D eigenvalue weighted by atomic mass is 31.2. The van der Waals surface area contributed by atoms with E-state index < -0.39 is 27.9 Å². The van der Waals surface area contributed by atoms with Crippen LogP contribution in [0.25, 0.3) is 0 Å². The summed E-state index contributed by atoms with van der Waals surface area (Å²) in [5, 5.41) is -0.758. The Morgan fingerprint density at radius 1 is 0.358 bits per heavy atom. The van der Waals surface area contributed by atoms with Gasteiger partial charge in [-0.3, -0.25) is 4.52 Å². The van der Waals surface area contributed by atoms with E-state index in [1.165, 1.54) is 5.56 Å². The third-order valence-electron chi connectivity index (χ3n) is 8.70. The zero-order chi connectivity index (χ0) is 37.3. The zero-order valence-electron chi connectivity index (χ0n) is 31.0. The van der Waals surface area contributed by atoms with Crippen molar-refractivity contribution in [2.24, 2.45) is 0 Å². The highest BCUT2D eigenvalue weighted by molar-refractivity contribution is 7.49. The Morgan fingerprint density at radius 3 is 1.13 bits per heavy atom. The molecule has 0 aromatic heterocycles. The van der Waals surface area contributed by atoms with Gasteiger partial charge in [0.1, 0.15) is 28.7 Å². The summed E-state index contributed by atoms with van der Waals surface area (Å²) < 4.78 is 38.4. The van der Waals surface area contributed by atoms with Gasteiger partial charge in [0, 0.05) is 5.41 Å². The van der Waals surface area contributed by atoms with Gasteiger partial charge in [-0.2, -0.15) is 0 Å².